The highest BCUT2D eigenvalue weighted by Gasteiger charge is 2.08. The Labute approximate surface area is 153 Å². The average Bonchev–Trinajstić information content (AvgIpc) is 3.01. The minimum atomic E-state index is 0.879. The first-order valence-corrected chi connectivity index (χ1v) is 8.89. The molecule has 0 N–H and O–H groups in total. The zero-order valence-corrected chi connectivity index (χ0v) is 15.1. The molecule has 0 saturated carbocycles. The van der Waals surface area contributed by atoms with E-state index in [2.05, 4.69) is 58.9 Å². The summed E-state index contributed by atoms with van der Waals surface area (Å²) in [6.07, 6.45) is 2.79. The van der Waals surface area contributed by atoms with E-state index in [1.165, 1.54) is 27.7 Å². The number of nitrogens with zero attached hydrogens (tertiary/aromatic N) is 2. The van der Waals surface area contributed by atoms with Crippen LogP contribution in [0.3, 0.4) is 0 Å². The van der Waals surface area contributed by atoms with Gasteiger partial charge in [0.15, 0.2) is 0 Å². The maximum absolute atomic E-state index is 5.26. The van der Waals surface area contributed by atoms with Crippen LogP contribution in [0, 0.1) is 6.92 Å². The van der Waals surface area contributed by atoms with E-state index in [9.17, 15) is 0 Å². The van der Waals surface area contributed by atoms with Crippen molar-refractivity contribution in [2.24, 2.45) is 0 Å². The summed E-state index contributed by atoms with van der Waals surface area (Å²) >= 11 is 0. The van der Waals surface area contributed by atoms with Crippen molar-refractivity contribution in [1.82, 2.24) is 9.55 Å². The first-order chi connectivity index (χ1) is 12.7. The Bertz CT molecular complexity index is 1020. The molecule has 4 aromatic rings. The van der Waals surface area contributed by atoms with Crippen molar-refractivity contribution in [2.45, 2.75) is 19.9 Å². The number of fused-ring (bicyclic) bond motifs is 1. The second-order valence-corrected chi connectivity index (χ2v) is 6.51. The third-order valence-electron chi connectivity index (χ3n) is 4.85. The summed E-state index contributed by atoms with van der Waals surface area (Å²) in [5.74, 6) is 0.879. The molecule has 0 radical (unpaired) electrons. The van der Waals surface area contributed by atoms with Gasteiger partial charge in [0.1, 0.15) is 5.75 Å². The lowest BCUT2D eigenvalue weighted by Gasteiger charge is -2.10. The van der Waals surface area contributed by atoms with Gasteiger partial charge in [-0.25, -0.2) is 0 Å². The normalized spacial score (nSPS) is 11.0. The first-order valence-electron chi connectivity index (χ1n) is 8.89. The molecule has 2 heterocycles. The third kappa shape index (κ3) is 3.21. The van der Waals surface area contributed by atoms with Gasteiger partial charge in [-0.2, -0.15) is 0 Å². The SMILES string of the molecule is COc1ccc(-c2ccc3cc(C)n(CCc4ccccn4)c3c2)cc1. The van der Waals surface area contributed by atoms with Crippen molar-refractivity contribution < 1.29 is 4.74 Å². The van der Waals surface area contributed by atoms with E-state index in [1.54, 1.807) is 7.11 Å². The van der Waals surface area contributed by atoms with Gasteiger partial charge in [-0.1, -0.05) is 30.3 Å². The van der Waals surface area contributed by atoms with Crippen molar-refractivity contribution in [1.29, 1.82) is 0 Å². The lowest BCUT2D eigenvalue weighted by Crippen LogP contribution is -2.04. The van der Waals surface area contributed by atoms with Crippen molar-refractivity contribution >= 4 is 10.9 Å². The Hall–Kier alpha value is -3.07. The minimum absolute atomic E-state index is 0.879. The fourth-order valence-electron chi connectivity index (χ4n) is 3.42. The highest BCUT2D eigenvalue weighted by Crippen LogP contribution is 2.28. The summed E-state index contributed by atoms with van der Waals surface area (Å²) < 4.78 is 7.65. The highest BCUT2D eigenvalue weighted by atomic mass is 16.5. The lowest BCUT2D eigenvalue weighted by atomic mass is 10.0. The van der Waals surface area contributed by atoms with Crippen LogP contribution in [0.5, 0.6) is 5.75 Å². The van der Waals surface area contributed by atoms with Crippen LogP contribution in [-0.2, 0) is 13.0 Å². The van der Waals surface area contributed by atoms with Gasteiger partial charge in [-0.3, -0.25) is 4.98 Å². The van der Waals surface area contributed by atoms with Crippen LogP contribution in [0.4, 0.5) is 0 Å². The summed E-state index contributed by atoms with van der Waals surface area (Å²) in [4.78, 5) is 4.44. The van der Waals surface area contributed by atoms with Gasteiger partial charge < -0.3 is 9.30 Å². The number of hydrogen-bond donors (Lipinski definition) is 0. The number of benzene rings is 2. The van der Waals surface area contributed by atoms with Crippen LogP contribution in [-0.4, -0.2) is 16.7 Å². The Balaban J connectivity index is 1.67. The van der Waals surface area contributed by atoms with E-state index < -0.39 is 0 Å². The average molecular weight is 342 g/mol. The zero-order valence-electron chi connectivity index (χ0n) is 15.1. The van der Waals surface area contributed by atoms with Crippen molar-refractivity contribution in [3.63, 3.8) is 0 Å². The summed E-state index contributed by atoms with van der Waals surface area (Å²) in [6, 6.07) is 23.2. The van der Waals surface area contributed by atoms with Crippen LogP contribution < -0.4 is 4.74 Å². The molecule has 26 heavy (non-hydrogen) atoms. The van der Waals surface area contributed by atoms with E-state index in [0.29, 0.717) is 0 Å². The maximum atomic E-state index is 5.26. The third-order valence-corrected chi connectivity index (χ3v) is 4.85. The molecule has 3 heteroatoms. The topological polar surface area (TPSA) is 27.1 Å². The van der Waals surface area contributed by atoms with Gasteiger partial charge in [0.05, 0.1) is 7.11 Å². The number of ether oxygens (including phenoxy) is 1. The first kappa shape index (κ1) is 16.4. The molecule has 0 atom stereocenters. The number of methoxy groups -OCH3 is 1. The Morgan fingerprint density at radius 2 is 1.73 bits per heavy atom. The summed E-state index contributed by atoms with van der Waals surface area (Å²) in [5, 5.41) is 1.28. The summed E-state index contributed by atoms with van der Waals surface area (Å²) in [5.41, 5.74) is 6.09. The molecule has 0 aliphatic rings. The maximum Gasteiger partial charge on any atom is 0.118 e. The summed E-state index contributed by atoms with van der Waals surface area (Å²) in [6.45, 7) is 3.10. The van der Waals surface area contributed by atoms with Gasteiger partial charge in [-0.05, 0) is 59.8 Å². The standard InChI is InChI=1S/C23H22N2O/c1-17-15-20-7-6-19(18-8-10-22(26-2)11-9-18)16-23(20)25(17)14-12-21-5-3-4-13-24-21/h3-11,13,15-16H,12,14H2,1-2H3. The van der Waals surface area contributed by atoms with Crippen LogP contribution in [0.25, 0.3) is 22.0 Å². The van der Waals surface area contributed by atoms with E-state index in [1.807, 2.05) is 30.5 Å². The highest BCUT2D eigenvalue weighted by molar-refractivity contribution is 5.86. The molecule has 0 saturated heterocycles. The Morgan fingerprint density at radius 3 is 2.46 bits per heavy atom. The van der Waals surface area contributed by atoms with Crippen LogP contribution in [0.1, 0.15) is 11.4 Å². The Morgan fingerprint density at radius 1 is 0.923 bits per heavy atom. The molecule has 0 aliphatic carbocycles. The molecule has 0 unspecified atom stereocenters. The molecule has 0 bridgehead atoms. The lowest BCUT2D eigenvalue weighted by molar-refractivity contribution is 0.415. The predicted molar refractivity (Wildman–Crippen MR) is 107 cm³/mol. The van der Waals surface area contributed by atoms with E-state index >= 15 is 0 Å². The van der Waals surface area contributed by atoms with E-state index in [-0.39, 0.29) is 0 Å². The summed E-state index contributed by atoms with van der Waals surface area (Å²) in [7, 11) is 1.69. The number of pyridine rings is 1. The number of aryl methyl sites for hydroxylation is 3. The monoisotopic (exact) mass is 342 g/mol. The molecule has 0 fully saturated rings. The van der Waals surface area contributed by atoms with Gasteiger partial charge in [0.25, 0.3) is 0 Å². The molecule has 0 amide bonds. The van der Waals surface area contributed by atoms with E-state index in [4.69, 9.17) is 4.74 Å². The quantitative estimate of drug-likeness (QED) is 0.494. The second-order valence-electron chi connectivity index (χ2n) is 6.51. The molecule has 3 nitrogen and oxygen atoms in total. The van der Waals surface area contributed by atoms with Crippen LogP contribution in [0.2, 0.25) is 0 Å². The van der Waals surface area contributed by atoms with Gasteiger partial charge in [-0.15, -0.1) is 0 Å². The second kappa shape index (κ2) is 7.04. The van der Waals surface area contributed by atoms with Gasteiger partial charge in [0, 0.05) is 36.1 Å². The zero-order chi connectivity index (χ0) is 17.9. The molecule has 0 aliphatic heterocycles. The fraction of sp³-hybridized carbons (Fsp3) is 0.174. The molecule has 0 spiro atoms. The van der Waals surface area contributed by atoms with Crippen molar-refractivity contribution in [2.75, 3.05) is 7.11 Å². The smallest absolute Gasteiger partial charge is 0.118 e. The van der Waals surface area contributed by atoms with Crippen LogP contribution >= 0.6 is 0 Å². The van der Waals surface area contributed by atoms with Crippen molar-refractivity contribution in [3.05, 3.63) is 84.3 Å². The fourth-order valence-corrected chi connectivity index (χ4v) is 3.42. The Kier molecular flexibility index (Phi) is 4.44. The molecular formula is C23H22N2O. The molecule has 4 rings (SSSR count). The van der Waals surface area contributed by atoms with Crippen LogP contribution in [0.15, 0.2) is 72.9 Å². The predicted octanol–water partition coefficient (Wildman–Crippen LogP) is 5.26. The molecule has 130 valence electrons. The largest absolute Gasteiger partial charge is 0.497 e. The number of rotatable bonds is 5. The van der Waals surface area contributed by atoms with Gasteiger partial charge >= 0.3 is 0 Å². The molecule has 2 aromatic heterocycles. The molecular weight excluding hydrogens is 320 g/mol. The minimum Gasteiger partial charge on any atom is -0.497 e. The number of aromatic nitrogens is 2. The van der Waals surface area contributed by atoms with E-state index in [0.717, 1.165) is 24.4 Å². The number of hydrogen-bond acceptors (Lipinski definition) is 2. The molecule has 2 aromatic carbocycles. The van der Waals surface area contributed by atoms with Gasteiger partial charge in [0.2, 0.25) is 0 Å². The van der Waals surface area contributed by atoms with Crippen molar-refractivity contribution in [3.8, 4) is 16.9 Å².